The molecule has 0 heterocycles. The summed E-state index contributed by atoms with van der Waals surface area (Å²) < 4.78 is 6.34. The summed E-state index contributed by atoms with van der Waals surface area (Å²) in [5, 5.41) is 0. The lowest BCUT2D eigenvalue weighted by molar-refractivity contribution is 0.118. The smallest absolute Gasteiger partial charge is 0.0471 e. The van der Waals surface area contributed by atoms with Crippen molar-refractivity contribution < 1.29 is 4.74 Å². The average Bonchev–Trinajstić information content (AvgIpc) is 3.05. The Balaban J connectivity index is 1.65. The van der Waals surface area contributed by atoms with Crippen LogP contribution in [0.2, 0.25) is 0 Å². The predicted molar refractivity (Wildman–Crippen MR) is 191 cm³/mol. The first kappa shape index (κ1) is 37.6. The summed E-state index contributed by atoms with van der Waals surface area (Å²) in [5.41, 5.74) is 3.01. The van der Waals surface area contributed by atoms with Gasteiger partial charge < -0.3 is 4.74 Å². The first-order valence-electron chi connectivity index (χ1n) is 19.0. The quantitative estimate of drug-likeness (QED) is 0.0822. The Morgan fingerprint density at radius 1 is 0.372 bits per heavy atom. The Kier molecular flexibility index (Phi) is 24.4. The second kappa shape index (κ2) is 27.9. The molecule has 2 atom stereocenters. The molecule has 0 aliphatic rings. The molecular weight excluding hydrogens is 520 g/mol. The highest BCUT2D eigenvalue weighted by Gasteiger charge is 2.14. The van der Waals surface area contributed by atoms with Gasteiger partial charge in [-0.15, -0.1) is 0 Å². The van der Waals surface area contributed by atoms with Gasteiger partial charge in [0.25, 0.3) is 0 Å². The van der Waals surface area contributed by atoms with Crippen LogP contribution in [0.1, 0.15) is 191 Å². The van der Waals surface area contributed by atoms with E-state index < -0.39 is 0 Å². The van der Waals surface area contributed by atoms with E-state index in [1.165, 1.54) is 152 Å². The Morgan fingerprint density at radius 3 is 1.00 bits per heavy atom. The first-order valence-corrected chi connectivity index (χ1v) is 19.0. The fourth-order valence-electron chi connectivity index (χ4n) is 6.72. The molecule has 0 radical (unpaired) electrons. The van der Waals surface area contributed by atoms with Crippen LogP contribution in [0.15, 0.2) is 60.7 Å². The molecule has 2 aromatic rings. The van der Waals surface area contributed by atoms with Crippen LogP contribution in [0.5, 0.6) is 0 Å². The molecule has 244 valence electrons. The van der Waals surface area contributed by atoms with Crippen molar-refractivity contribution in [3.8, 4) is 0 Å². The van der Waals surface area contributed by atoms with E-state index in [1.807, 2.05) is 0 Å². The van der Waals surface area contributed by atoms with Crippen LogP contribution in [0.4, 0.5) is 0 Å². The molecule has 1 nitrogen and oxygen atoms in total. The maximum Gasteiger partial charge on any atom is 0.0471 e. The first-order chi connectivity index (χ1) is 21.3. The highest BCUT2D eigenvalue weighted by Crippen LogP contribution is 2.28. The van der Waals surface area contributed by atoms with E-state index in [9.17, 15) is 0 Å². The van der Waals surface area contributed by atoms with Crippen LogP contribution in [-0.4, -0.2) is 13.2 Å². The highest BCUT2D eigenvalue weighted by atomic mass is 16.5. The molecule has 0 N–H and O–H groups in total. The summed E-state index contributed by atoms with van der Waals surface area (Å²) in [7, 11) is 0. The third-order valence-corrected chi connectivity index (χ3v) is 9.58. The molecule has 0 bridgehead atoms. The van der Waals surface area contributed by atoms with E-state index in [2.05, 4.69) is 74.5 Å². The van der Waals surface area contributed by atoms with Crippen LogP contribution in [0.3, 0.4) is 0 Å². The van der Waals surface area contributed by atoms with Crippen molar-refractivity contribution in [1.82, 2.24) is 0 Å². The number of ether oxygens (including phenoxy) is 1. The molecule has 0 spiro atoms. The zero-order valence-corrected chi connectivity index (χ0v) is 28.7. The normalized spacial score (nSPS) is 12.9. The molecule has 43 heavy (non-hydrogen) atoms. The van der Waals surface area contributed by atoms with Crippen molar-refractivity contribution in [2.24, 2.45) is 0 Å². The molecular formula is C42H70O. The minimum Gasteiger partial charge on any atom is -0.381 e. The van der Waals surface area contributed by atoms with Crippen LogP contribution in [0.25, 0.3) is 0 Å². The zero-order chi connectivity index (χ0) is 30.5. The topological polar surface area (TPSA) is 9.23 Å². The van der Waals surface area contributed by atoms with E-state index in [4.69, 9.17) is 4.74 Å². The van der Waals surface area contributed by atoms with E-state index in [1.54, 1.807) is 0 Å². The number of hydrogen-bond donors (Lipinski definition) is 0. The molecule has 1 heteroatoms. The second-order valence-corrected chi connectivity index (χ2v) is 13.3. The standard InChI is InChI=1S/C42H70O/c1-3-5-7-9-11-13-15-17-19-23-33-41(39-29-25-21-26-30-39)35-37-43-38-36-42(40-31-27-22-28-32-40)34-24-20-18-16-14-12-10-8-6-4-2/h21-22,25-32,41-42H,3-20,23-24,33-38H2,1-2H3. The minimum absolute atomic E-state index is 0.631. The Morgan fingerprint density at radius 2 is 0.674 bits per heavy atom. The molecule has 2 aromatic carbocycles. The second-order valence-electron chi connectivity index (χ2n) is 13.3. The lowest BCUT2D eigenvalue weighted by Gasteiger charge is -2.20. The van der Waals surface area contributed by atoms with Gasteiger partial charge >= 0.3 is 0 Å². The fourth-order valence-corrected chi connectivity index (χ4v) is 6.72. The summed E-state index contributed by atoms with van der Waals surface area (Å²) in [4.78, 5) is 0. The zero-order valence-electron chi connectivity index (χ0n) is 28.7. The number of rotatable bonds is 30. The molecule has 0 aliphatic heterocycles. The van der Waals surface area contributed by atoms with Gasteiger partial charge in [0.2, 0.25) is 0 Å². The molecule has 0 aromatic heterocycles. The molecule has 2 rings (SSSR count). The molecule has 2 unspecified atom stereocenters. The van der Waals surface area contributed by atoms with Crippen molar-refractivity contribution in [1.29, 1.82) is 0 Å². The van der Waals surface area contributed by atoms with Gasteiger partial charge in [0.05, 0.1) is 0 Å². The van der Waals surface area contributed by atoms with Crippen LogP contribution in [0, 0.1) is 0 Å². The highest BCUT2D eigenvalue weighted by molar-refractivity contribution is 5.20. The molecule has 0 amide bonds. The van der Waals surface area contributed by atoms with Gasteiger partial charge in [0.1, 0.15) is 0 Å². The molecule has 0 saturated carbocycles. The minimum atomic E-state index is 0.631. The summed E-state index contributed by atoms with van der Waals surface area (Å²) in [5.74, 6) is 1.26. The molecule has 0 saturated heterocycles. The van der Waals surface area contributed by atoms with Gasteiger partial charge in [0.15, 0.2) is 0 Å². The summed E-state index contributed by atoms with van der Waals surface area (Å²) in [6.07, 6.45) is 33.1. The number of unbranched alkanes of at least 4 members (excludes halogenated alkanes) is 18. The average molecular weight is 591 g/mol. The lowest BCUT2D eigenvalue weighted by Crippen LogP contribution is -2.08. The van der Waals surface area contributed by atoms with Gasteiger partial charge in [-0.05, 0) is 48.6 Å². The molecule has 0 fully saturated rings. The lowest BCUT2D eigenvalue weighted by atomic mass is 9.90. The maximum atomic E-state index is 6.34. The Labute approximate surface area is 269 Å². The fraction of sp³-hybridized carbons (Fsp3) is 0.714. The van der Waals surface area contributed by atoms with Crippen LogP contribution >= 0.6 is 0 Å². The third kappa shape index (κ3) is 20.1. The van der Waals surface area contributed by atoms with Crippen molar-refractivity contribution >= 4 is 0 Å². The van der Waals surface area contributed by atoms with Crippen molar-refractivity contribution in [3.63, 3.8) is 0 Å². The van der Waals surface area contributed by atoms with Crippen molar-refractivity contribution in [2.75, 3.05) is 13.2 Å². The van der Waals surface area contributed by atoms with E-state index in [-0.39, 0.29) is 0 Å². The Bertz CT molecular complexity index is 746. The summed E-state index contributed by atoms with van der Waals surface area (Å²) in [6, 6.07) is 22.5. The predicted octanol–water partition coefficient (Wildman–Crippen LogP) is 14.0. The number of benzene rings is 2. The monoisotopic (exact) mass is 591 g/mol. The number of hydrogen-bond acceptors (Lipinski definition) is 1. The SMILES string of the molecule is CCCCCCCCCCCCC(CCOCCC(CCCCCCCCCCCC)c1ccccc1)c1ccccc1. The van der Waals surface area contributed by atoms with Crippen molar-refractivity contribution in [3.05, 3.63) is 71.8 Å². The maximum absolute atomic E-state index is 6.34. The van der Waals surface area contributed by atoms with Crippen LogP contribution < -0.4 is 0 Å². The van der Waals surface area contributed by atoms with Gasteiger partial charge in [-0.3, -0.25) is 0 Å². The van der Waals surface area contributed by atoms with E-state index >= 15 is 0 Å². The van der Waals surface area contributed by atoms with Gasteiger partial charge in [0, 0.05) is 13.2 Å². The van der Waals surface area contributed by atoms with Gasteiger partial charge in [-0.1, -0.05) is 203 Å². The van der Waals surface area contributed by atoms with Gasteiger partial charge in [-0.25, -0.2) is 0 Å². The summed E-state index contributed by atoms with van der Waals surface area (Å²) in [6.45, 7) is 6.38. The third-order valence-electron chi connectivity index (χ3n) is 9.58. The van der Waals surface area contributed by atoms with Gasteiger partial charge in [-0.2, -0.15) is 0 Å². The Hall–Kier alpha value is -1.60. The van der Waals surface area contributed by atoms with Crippen LogP contribution in [-0.2, 0) is 4.74 Å². The largest absolute Gasteiger partial charge is 0.381 e. The van der Waals surface area contributed by atoms with Crippen molar-refractivity contribution in [2.45, 2.75) is 180 Å². The summed E-state index contributed by atoms with van der Waals surface area (Å²) >= 11 is 0. The van der Waals surface area contributed by atoms with E-state index in [0.717, 1.165) is 26.1 Å². The molecule has 0 aliphatic carbocycles. The van der Waals surface area contributed by atoms with E-state index in [0.29, 0.717) is 11.8 Å².